The van der Waals surface area contributed by atoms with Gasteiger partial charge in [0.15, 0.2) is 33.9 Å². The summed E-state index contributed by atoms with van der Waals surface area (Å²) in [7, 11) is 5.66. The minimum absolute atomic E-state index is 0.00739. The van der Waals surface area contributed by atoms with Gasteiger partial charge in [0.1, 0.15) is 11.5 Å². The van der Waals surface area contributed by atoms with Gasteiger partial charge in [-0.15, -0.1) is 0 Å². The zero-order chi connectivity index (χ0) is 28.1. The highest BCUT2D eigenvalue weighted by Gasteiger charge is 2.35. The lowest BCUT2D eigenvalue weighted by Crippen LogP contribution is -2.10. The minimum Gasteiger partial charge on any atom is -0.504 e. The van der Waals surface area contributed by atoms with Gasteiger partial charge in [-0.05, 0) is 25.7 Å². The van der Waals surface area contributed by atoms with Crippen LogP contribution in [0.25, 0.3) is 48.7 Å². The monoisotopic (exact) mass is 527 g/mol. The van der Waals surface area contributed by atoms with Crippen molar-refractivity contribution in [2.45, 2.75) is 20.3 Å². The van der Waals surface area contributed by atoms with Crippen LogP contribution in [-0.2, 0) is 6.42 Å². The van der Waals surface area contributed by atoms with Crippen molar-refractivity contribution in [3.8, 4) is 34.5 Å². The van der Waals surface area contributed by atoms with Crippen LogP contribution >= 0.6 is 0 Å². The summed E-state index contributed by atoms with van der Waals surface area (Å²) in [5, 5.41) is 34.4. The van der Waals surface area contributed by atoms with Crippen molar-refractivity contribution >= 4 is 54.4 Å². The lowest BCUT2D eigenvalue weighted by atomic mass is 9.82. The van der Waals surface area contributed by atoms with Crippen LogP contribution in [0.5, 0.6) is 34.5 Å². The Labute approximate surface area is 221 Å². The van der Waals surface area contributed by atoms with Gasteiger partial charge >= 0.3 is 0 Å². The van der Waals surface area contributed by atoms with Crippen molar-refractivity contribution in [1.29, 1.82) is 5.41 Å². The van der Waals surface area contributed by atoms with Gasteiger partial charge in [-0.2, -0.15) is 0 Å². The Hall–Kier alpha value is -4.79. The van der Waals surface area contributed by atoms with E-state index in [0.717, 1.165) is 5.57 Å². The molecule has 0 aliphatic heterocycles. The molecule has 39 heavy (non-hydrogen) atoms. The first kappa shape index (κ1) is 24.5. The van der Waals surface area contributed by atoms with E-state index in [9.17, 15) is 19.8 Å². The maximum atomic E-state index is 13.5. The van der Waals surface area contributed by atoms with Crippen LogP contribution in [0, 0.1) is 5.41 Å². The van der Waals surface area contributed by atoms with Gasteiger partial charge in [0.05, 0.1) is 39.2 Å². The molecule has 3 N–H and O–H groups in total. The van der Waals surface area contributed by atoms with Gasteiger partial charge < -0.3 is 34.6 Å². The van der Waals surface area contributed by atoms with Gasteiger partial charge in [-0.1, -0.05) is 5.57 Å². The molecule has 0 atom stereocenters. The fourth-order valence-corrected chi connectivity index (χ4v) is 6.48. The lowest BCUT2D eigenvalue weighted by molar-refractivity contribution is 0.373. The third kappa shape index (κ3) is 2.81. The molecule has 9 nitrogen and oxygen atoms in total. The van der Waals surface area contributed by atoms with Gasteiger partial charge in [0.2, 0.25) is 0 Å². The van der Waals surface area contributed by atoms with Crippen LogP contribution in [0.3, 0.4) is 0 Å². The Morgan fingerprint density at radius 1 is 0.718 bits per heavy atom. The maximum absolute atomic E-state index is 13.5. The summed E-state index contributed by atoms with van der Waals surface area (Å²) in [6.07, 6.45) is 0.252. The molecule has 0 bridgehead atoms. The van der Waals surface area contributed by atoms with E-state index in [1.807, 2.05) is 6.92 Å². The molecule has 1 aliphatic rings. The van der Waals surface area contributed by atoms with Crippen molar-refractivity contribution in [3.63, 3.8) is 0 Å². The molecule has 1 aliphatic carbocycles. The molecule has 9 heteroatoms. The van der Waals surface area contributed by atoms with Crippen LogP contribution in [0.15, 0.2) is 27.3 Å². The van der Waals surface area contributed by atoms with Crippen LogP contribution in [-0.4, -0.2) is 44.4 Å². The summed E-state index contributed by atoms with van der Waals surface area (Å²) < 4.78 is 22.8. The summed E-state index contributed by atoms with van der Waals surface area (Å²) in [5.74, 6) is -0.0907. The SMILES string of the molecule is COc1c(O)c2c(=O)cc(OC)c3c4c(OC)cc(=O)c5c(O)c(OC)c6c(c(c1CC(C)=C6C(C)=N)c23)c54. The molecule has 0 radical (unpaired) electrons. The van der Waals surface area contributed by atoms with Crippen molar-refractivity contribution in [2.75, 3.05) is 28.4 Å². The number of allylic oxidation sites excluding steroid dienone is 2. The number of phenolic OH excluding ortho intramolecular Hbond substituents is 2. The molecule has 5 aromatic carbocycles. The number of fused-ring (bicyclic) bond motifs is 1. The third-order valence-corrected chi connectivity index (χ3v) is 7.81. The zero-order valence-electron chi connectivity index (χ0n) is 22.2. The lowest BCUT2D eigenvalue weighted by Gasteiger charge is -2.24. The molecule has 0 amide bonds. The summed E-state index contributed by atoms with van der Waals surface area (Å²) in [5.41, 5.74) is 1.48. The molecule has 0 heterocycles. The van der Waals surface area contributed by atoms with Gasteiger partial charge in [0.25, 0.3) is 0 Å². The van der Waals surface area contributed by atoms with Crippen molar-refractivity contribution < 1.29 is 29.2 Å². The van der Waals surface area contributed by atoms with E-state index in [4.69, 9.17) is 24.4 Å². The average Bonchev–Trinajstić information content (AvgIpc) is 3.02. The number of benzene rings is 5. The van der Waals surface area contributed by atoms with Crippen LogP contribution < -0.4 is 29.8 Å². The average molecular weight is 528 g/mol. The summed E-state index contributed by atoms with van der Waals surface area (Å²) >= 11 is 0. The normalized spacial score (nSPS) is 13.2. The van der Waals surface area contributed by atoms with Crippen LogP contribution in [0.1, 0.15) is 25.0 Å². The Morgan fingerprint density at radius 2 is 1.21 bits per heavy atom. The molecular formula is C30H25NO8. The summed E-state index contributed by atoms with van der Waals surface area (Å²) in [4.78, 5) is 27.0. The number of aromatic hydroxyl groups is 2. The van der Waals surface area contributed by atoms with E-state index in [0.29, 0.717) is 49.0 Å². The quantitative estimate of drug-likeness (QED) is 0.170. The van der Waals surface area contributed by atoms with Crippen LogP contribution in [0.2, 0.25) is 0 Å². The Morgan fingerprint density at radius 3 is 1.67 bits per heavy atom. The standard InChI is InChI=1S/C30H25NO8/c1-10-7-12-18-23-19(27(34)29(12)38-5)13(32)8-15(36-3)21(23)22-16(37-4)9-14(33)20-25(22)24(18)26(17(10)11(2)31)30(39-6)28(20)35/h8-9,31,34-35H,7H2,1-6H3. The van der Waals surface area contributed by atoms with Crippen LogP contribution in [0.4, 0.5) is 0 Å². The number of phenols is 2. The number of hydrogen-bond donors (Lipinski definition) is 3. The predicted molar refractivity (Wildman–Crippen MR) is 151 cm³/mol. The topological polar surface area (TPSA) is 135 Å². The van der Waals surface area contributed by atoms with E-state index in [1.165, 1.54) is 40.6 Å². The third-order valence-electron chi connectivity index (χ3n) is 7.81. The molecule has 0 saturated carbocycles. The van der Waals surface area contributed by atoms with Gasteiger partial charge in [-0.25, -0.2) is 0 Å². The highest BCUT2D eigenvalue weighted by Crippen LogP contribution is 2.57. The first-order valence-corrected chi connectivity index (χ1v) is 12.2. The van der Waals surface area contributed by atoms with E-state index >= 15 is 0 Å². The van der Waals surface area contributed by atoms with Gasteiger partial charge in [0, 0.05) is 61.5 Å². The number of nitrogens with one attached hydrogen (secondary N) is 1. The zero-order valence-corrected chi connectivity index (χ0v) is 22.2. The van der Waals surface area contributed by atoms with Crippen molar-refractivity contribution in [1.82, 2.24) is 0 Å². The number of ether oxygens (including phenoxy) is 4. The molecule has 0 spiro atoms. The first-order chi connectivity index (χ1) is 18.6. The smallest absolute Gasteiger partial charge is 0.194 e. The van der Waals surface area contributed by atoms with E-state index in [1.54, 1.807) is 6.92 Å². The number of methoxy groups -OCH3 is 4. The summed E-state index contributed by atoms with van der Waals surface area (Å²) in [6.45, 7) is 3.48. The maximum Gasteiger partial charge on any atom is 0.194 e. The minimum atomic E-state index is -0.492. The Kier molecular flexibility index (Phi) is 5.10. The Balaban J connectivity index is 2.21. The van der Waals surface area contributed by atoms with Crippen molar-refractivity contribution in [2.24, 2.45) is 0 Å². The number of hydrogen-bond acceptors (Lipinski definition) is 9. The highest BCUT2D eigenvalue weighted by molar-refractivity contribution is 6.41. The molecule has 0 saturated heterocycles. The molecule has 0 unspecified atom stereocenters. The molecular weight excluding hydrogens is 502 g/mol. The predicted octanol–water partition coefficient (Wildman–Crippen LogP) is 4.71. The molecule has 198 valence electrons. The second-order valence-corrected chi connectivity index (χ2v) is 9.73. The molecule has 6 rings (SSSR count). The van der Waals surface area contributed by atoms with Gasteiger partial charge in [-0.3, -0.25) is 9.59 Å². The molecule has 0 fully saturated rings. The largest absolute Gasteiger partial charge is 0.504 e. The molecule has 0 aromatic heterocycles. The van der Waals surface area contributed by atoms with E-state index < -0.39 is 10.9 Å². The van der Waals surface area contributed by atoms with Crippen molar-refractivity contribution in [3.05, 3.63) is 49.3 Å². The Bertz CT molecular complexity index is 2080. The first-order valence-electron chi connectivity index (χ1n) is 12.2. The van der Waals surface area contributed by atoms with E-state index in [-0.39, 0.29) is 57.4 Å². The summed E-state index contributed by atoms with van der Waals surface area (Å²) in [6, 6.07) is 2.55. The second-order valence-electron chi connectivity index (χ2n) is 9.73. The highest BCUT2D eigenvalue weighted by atomic mass is 16.5. The fraction of sp³-hybridized carbons (Fsp3) is 0.233. The second kappa shape index (κ2) is 8.10. The van der Waals surface area contributed by atoms with E-state index in [2.05, 4.69) is 0 Å². The molecule has 5 aromatic rings. The fourth-order valence-electron chi connectivity index (χ4n) is 6.48. The number of rotatable bonds is 5.